The van der Waals surface area contributed by atoms with E-state index in [2.05, 4.69) is 13.0 Å². The Morgan fingerprint density at radius 1 is 0.703 bits per heavy atom. The highest BCUT2D eigenvalue weighted by Gasteiger charge is 2.42. The standard InChI is InChI=1S/C31H35F4O2/c1-3-5-6-7-8-9-10-12-24-15-19-26(20-16-24)37-31(34,35)29-27(32)21-22-28(30(29)33)36-25-17-13-23(11-4-2)14-18-25/h13-21H,3-12H2,1-2H3. The smallest absolute Gasteiger partial charge is 0.432 e. The van der Waals surface area contributed by atoms with E-state index in [-0.39, 0.29) is 11.5 Å². The fourth-order valence-electron chi connectivity index (χ4n) is 4.16. The lowest BCUT2D eigenvalue weighted by atomic mass is 10.0. The van der Waals surface area contributed by atoms with Gasteiger partial charge in [-0.1, -0.05) is 83.1 Å². The Morgan fingerprint density at radius 3 is 1.89 bits per heavy atom. The molecule has 3 rings (SSSR count). The second-order valence-electron chi connectivity index (χ2n) is 9.28. The van der Waals surface area contributed by atoms with Gasteiger partial charge in [0.05, 0.1) is 0 Å². The van der Waals surface area contributed by atoms with Crippen molar-refractivity contribution < 1.29 is 27.0 Å². The maximum absolute atomic E-state index is 15.0. The third-order valence-electron chi connectivity index (χ3n) is 6.20. The van der Waals surface area contributed by atoms with Crippen LogP contribution in [0.1, 0.15) is 81.9 Å². The fourth-order valence-corrected chi connectivity index (χ4v) is 4.16. The second-order valence-corrected chi connectivity index (χ2v) is 9.28. The van der Waals surface area contributed by atoms with Crippen molar-refractivity contribution in [3.05, 3.63) is 89.0 Å². The van der Waals surface area contributed by atoms with Gasteiger partial charge >= 0.3 is 6.11 Å². The van der Waals surface area contributed by atoms with Gasteiger partial charge < -0.3 is 9.47 Å². The van der Waals surface area contributed by atoms with Crippen LogP contribution in [-0.2, 0) is 19.0 Å². The largest absolute Gasteiger partial charge is 0.454 e. The molecule has 0 fully saturated rings. The van der Waals surface area contributed by atoms with Crippen LogP contribution in [0.25, 0.3) is 0 Å². The van der Waals surface area contributed by atoms with E-state index in [0.29, 0.717) is 6.07 Å². The van der Waals surface area contributed by atoms with E-state index in [0.717, 1.165) is 43.2 Å². The first kappa shape index (κ1) is 28.5. The van der Waals surface area contributed by atoms with Gasteiger partial charge in [0.1, 0.15) is 22.9 Å². The number of hydrogen-bond acceptors (Lipinski definition) is 2. The molecule has 0 aromatic heterocycles. The number of alkyl halides is 2. The molecule has 3 aromatic carbocycles. The molecule has 0 N–H and O–H groups in total. The summed E-state index contributed by atoms with van der Waals surface area (Å²) in [5.41, 5.74) is 0.542. The van der Waals surface area contributed by atoms with Gasteiger partial charge in [-0.3, -0.25) is 0 Å². The van der Waals surface area contributed by atoms with Crippen molar-refractivity contribution in [1.82, 2.24) is 0 Å². The Labute approximate surface area is 217 Å². The summed E-state index contributed by atoms with van der Waals surface area (Å²) in [6.07, 6.45) is 6.71. The molecule has 0 amide bonds. The summed E-state index contributed by atoms with van der Waals surface area (Å²) in [5.74, 6) is -3.61. The quantitative estimate of drug-likeness (QED) is 0.148. The minimum atomic E-state index is -4.26. The van der Waals surface area contributed by atoms with Crippen LogP contribution in [0.5, 0.6) is 17.2 Å². The predicted octanol–water partition coefficient (Wildman–Crippen LogP) is 9.93. The summed E-state index contributed by atoms with van der Waals surface area (Å²) in [7, 11) is 0. The van der Waals surface area contributed by atoms with Crippen LogP contribution in [0.4, 0.5) is 17.6 Å². The zero-order valence-electron chi connectivity index (χ0n) is 21.6. The van der Waals surface area contributed by atoms with E-state index in [1.165, 1.54) is 44.2 Å². The number of hydrogen-bond donors (Lipinski definition) is 0. The highest BCUT2D eigenvalue weighted by atomic mass is 19.3. The van der Waals surface area contributed by atoms with E-state index in [4.69, 9.17) is 9.47 Å². The van der Waals surface area contributed by atoms with Crippen LogP contribution in [-0.4, -0.2) is 0 Å². The molecule has 0 aliphatic rings. The zero-order chi connectivity index (χ0) is 26.7. The molecule has 0 atom stereocenters. The van der Waals surface area contributed by atoms with Crippen molar-refractivity contribution in [2.75, 3.05) is 0 Å². The Morgan fingerprint density at radius 2 is 1.27 bits per heavy atom. The third-order valence-corrected chi connectivity index (χ3v) is 6.20. The lowest BCUT2D eigenvalue weighted by Gasteiger charge is -2.20. The number of aryl methyl sites for hydroxylation is 2. The molecule has 2 nitrogen and oxygen atoms in total. The summed E-state index contributed by atoms with van der Waals surface area (Å²) in [5, 5.41) is 0. The molecule has 0 saturated heterocycles. The molecule has 0 saturated carbocycles. The lowest BCUT2D eigenvalue weighted by Crippen LogP contribution is -2.25. The van der Waals surface area contributed by atoms with Crippen molar-refractivity contribution in [3.8, 4) is 17.2 Å². The van der Waals surface area contributed by atoms with Crippen LogP contribution < -0.4 is 9.47 Å². The van der Waals surface area contributed by atoms with Crippen LogP contribution in [0.15, 0.2) is 54.6 Å². The van der Waals surface area contributed by atoms with Crippen molar-refractivity contribution >= 4 is 0 Å². The van der Waals surface area contributed by atoms with Crippen molar-refractivity contribution in [3.63, 3.8) is 0 Å². The number of unbranched alkanes of at least 4 members (excludes halogenated alkanes) is 6. The van der Waals surface area contributed by atoms with Crippen molar-refractivity contribution in [2.24, 2.45) is 0 Å². The summed E-state index contributed by atoms with van der Waals surface area (Å²) in [6, 6.07) is 15.9. The van der Waals surface area contributed by atoms with Gasteiger partial charge in [0.2, 0.25) is 0 Å². The van der Waals surface area contributed by atoms with Gasteiger partial charge in [0.25, 0.3) is 0 Å². The van der Waals surface area contributed by atoms with Crippen molar-refractivity contribution in [1.29, 1.82) is 0 Å². The molecule has 1 radical (unpaired) electrons. The number of rotatable bonds is 15. The van der Waals surface area contributed by atoms with Gasteiger partial charge in [-0.25, -0.2) is 8.78 Å². The van der Waals surface area contributed by atoms with Gasteiger partial charge in [0, 0.05) is 6.07 Å². The molecule has 6 heteroatoms. The van der Waals surface area contributed by atoms with Crippen molar-refractivity contribution in [2.45, 2.75) is 84.2 Å². The molecule has 0 bridgehead atoms. The average molecular weight is 516 g/mol. The van der Waals surface area contributed by atoms with E-state index in [1.54, 1.807) is 36.4 Å². The molecule has 0 unspecified atom stereocenters. The lowest BCUT2D eigenvalue weighted by molar-refractivity contribution is -0.189. The summed E-state index contributed by atoms with van der Waals surface area (Å²) < 4.78 is 69.3. The summed E-state index contributed by atoms with van der Waals surface area (Å²) in [4.78, 5) is 0. The first-order valence-electron chi connectivity index (χ1n) is 13.2. The van der Waals surface area contributed by atoms with Crippen LogP contribution in [0.2, 0.25) is 0 Å². The second kappa shape index (κ2) is 14.1. The van der Waals surface area contributed by atoms with Crippen LogP contribution in [0.3, 0.4) is 0 Å². The monoisotopic (exact) mass is 515 g/mol. The Hall–Kier alpha value is -3.02. The minimum Gasteiger partial charge on any atom is -0.454 e. The topological polar surface area (TPSA) is 18.5 Å². The average Bonchev–Trinajstić information content (AvgIpc) is 2.87. The molecular weight excluding hydrogens is 480 g/mol. The Balaban J connectivity index is 1.63. The van der Waals surface area contributed by atoms with E-state index in [9.17, 15) is 17.6 Å². The fraction of sp³-hybridized carbons (Fsp3) is 0.419. The van der Waals surface area contributed by atoms with Crippen LogP contribution in [0, 0.1) is 17.7 Å². The van der Waals surface area contributed by atoms with E-state index >= 15 is 0 Å². The minimum absolute atomic E-state index is 0.186. The zero-order valence-corrected chi connectivity index (χ0v) is 21.6. The Bertz CT molecular complexity index is 1100. The van der Waals surface area contributed by atoms with E-state index in [1.807, 2.05) is 6.92 Å². The molecule has 0 heterocycles. The molecule has 0 aliphatic heterocycles. The van der Waals surface area contributed by atoms with Crippen LogP contribution >= 0.6 is 0 Å². The van der Waals surface area contributed by atoms with E-state index < -0.39 is 29.1 Å². The molecule has 0 aliphatic carbocycles. The molecule has 3 aromatic rings. The maximum Gasteiger partial charge on any atom is 0.432 e. The first-order valence-corrected chi connectivity index (χ1v) is 13.2. The highest BCUT2D eigenvalue weighted by Crippen LogP contribution is 2.38. The van der Waals surface area contributed by atoms with Gasteiger partial charge in [-0.2, -0.15) is 8.78 Å². The molecule has 199 valence electrons. The van der Waals surface area contributed by atoms with Gasteiger partial charge in [0.15, 0.2) is 11.6 Å². The molecule has 37 heavy (non-hydrogen) atoms. The predicted molar refractivity (Wildman–Crippen MR) is 138 cm³/mol. The SMILES string of the molecule is CCCCCCCCCc1ccc(OC(F)(F)c2c(F)c[c]c(Oc3ccc(CCC)cc3)c2F)cc1. The third kappa shape index (κ3) is 8.51. The number of benzene rings is 3. The Kier molecular flexibility index (Phi) is 10.8. The van der Waals surface area contributed by atoms with Gasteiger partial charge in [-0.05, 0) is 60.7 Å². The molecular formula is C31H35F4O2. The van der Waals surface area contributed by atoms with Gasteiger partial charge in [-0.15, -0.1) is 0 Å². The molecule has 0 spiro atoms. The number of ether oxygens (including phenoxy) is 2. The normalized spacial score (nSPS) is 11.5. The maximum atomic E-state index is 15.0. The number of halogens is 4. The highest BCUT2D eigenvalue weighted by molar-refractivity contribution is 5.38. The summed E-state index contributed by atoms with van der Waals surface area (Å²) >= 11 is 0. The first-order chi connectivity index (χ1) is 17.8. The summed E-state index contributed by atoms with van der Waals surface area (Å²) in [6.45, 7) is 4.23.